The summed E-state index contributed by atoms with van der Waals surface area (Å²) in [5.74, 6) is 0.555. The van der Waals surface area contributed by atoms with E-state index in [4.69, 9.17) is 66.1 Å². The molecule has 134 heavy (non-hydrogen) atoms. The van der Waals surface area contributed by atoms with Gasteiger partial charge in [0.1, 0.15) is 58.8 Å². The zero-order chi connectivity index (χ0) is 92.1. The highest BCUT2D eigenvalue weighted by Gasteiger charge is 2.63. The minimum Gasteiger partial charge on any atom is -0.768 e. The first-order valence-corrected chi connectivity index (χ1v) is 49.9. The van der Waals surface area contributed by atoms with Crippen molar-refractivity contribution >= 4 is 119 Å². The van der Waals surface area contributed by atoms with Gasteiger partial charge in [0, 0.05) is 127 Å². The van der Waals surface area contributed by atoms with Gasteiger partial charge in [-0.1, -0.05) is 147 Å². The number of aliphatic carboxylic acids is 1. The van der Waals surface area contributed by atoms with Gasteiger partial charge in [0.25, 0.3) is 0 Å². The molecule has 17 atom stereocenters. The van der Waals surface area contributed by atoms with Crippen LogP contribution in [0.25, 0.3) is 21.8 Å². The van der Waals surface area contributed by atoms with E-state index in [-0.39, 0.29) is 146 Å². The smallest absolute Gasteiger partial charge is 0.312 e. The normalized spacial score (nSPS) is 29.0. The summed E-state index contributed by atoms with van der Waals surface area (Å²) in [6, 6.07) is 15.6. The van der Waals surface area contributed by atoms with Crippen LogP contribution in [0, 0.1) is 70.0 Å². The second-order valence-electron chi connectivity index (χ2n) is 38.8. The van der Waals surface area contributed by atoms with Gasteiger partial charge in [-0.25, -0.2) is 0 Å². The molecule has 3 aromatic carbocycles. The number of nitrogens with zero attached hydrogens (tertiary/aromatic N) is 5. The van der Waals surface area contributed by atoms with E-state index in [1.54, 1.807) is 35.2 Å². The molecule has 8 heterocycles. The number of amides is 2. The van der Waals surface area contributed by atoms with Crippen LogP contribution in [0.2, 0.25) is 10.0 Å². The molecule has 31 heteroatoms. The number of nitrogens with one attached hydrogen (secondary N) is 1. The molecule has 0 spiro atoms. The number of hydrogen-bond acceptors (Lipinski definition) is 23. The average molecular weight is 1990 g/mol. The van der Waals surface area contributed by atoms with Crippen molar-refractivity contribution in [3.05, 3.63) is 121 Å². The first-order valence-electron chi connectivity index (χ1n) is 47.2. The van der Waals surface area contributed by atoms with E-state index >= 15 is 0 Å². The summed E-state index contributed by atoms with van der Waals surface area (Å²) in [6.45, 7) is 17.8. The van der Waals surface area contributed by atoms with Crippen LogP contribution in [0.3, 0.4) is 0 Å². The van der Waals surface area contributed by atoms with Gasteiger partial charge in [-0.3, -0.25) is 62.1 Å². The Hall–Kier alpha value is -7.71. The fourth-order valence-corrected chi connectivity index (χ4v) is 21.8. The highest BCUT2D eigenvalue weighted by Crippen LogP contribution is 2.59. The van der Waals surface area contributed by atoms with Crippen molar-refractivity contribution in [2.75, 3.05) is 99.1 Å². The van der Waals surface area contributed by atoms with Gasteiger partial charge >= 0.3 is 23.9 Å². The number of Topliss-reactive ketones (excluding diaryl/α,β-unsaturated/α-hetero) is 2. The molecule has 740 valence electrons. The largest absolute Gasteiger partial charge is 0.768 e. The van der Waals surface area contributed by atoms with Gasteiger partial charge in [0.2, 0.25) is 11.8 Å². The third-order valence-corrected chi connectivity index (χ3v) is 30.1. The Kier molecular flexibility index (Phi) is 40.2. The summed E-state index contributed by atoms with van der Waals surface area (Å²) in [6.07, 6.45) is 23.2. The monoisotopic (exact) mass is 1980 g/mol. The molecular formula is C103H144BrCl2N6O21S-. The van der Waals surface area contributed by atoms with Crippen molar-refractivity contribution in [1.29, 1.82) is 0 Å². The molecule has 2 amide bonds. The number of methoxy groups -OCH3 is 1. The van der Waals surface area contributed by atoms with E-state index in [1.807, 2.05) is 36.4 Å². The Morgan fingerprint density at radius 3 is 1.61 bits per heavy atom. The summed E-state index contributed by atoms with van der Waals surface area (Å²) < 4.78 is 67.8. The SMILES string of the molecule is C.C.C.C.CC(C)Cc1cc(=O)c2ccc(OCCN3CCOCC3)c(Cl)c2[nH]1.CC(C)Cc1cc(O[C@@H]2C[C@H]3C(=O)C[C@]4(C(=O)O)C[C@H]4/C=C\CCCCC[C@H](CC(=O)OC4C[C@@H]5C[C@@H]5C4)C(=O)N3C2)c2ccc(OCCN3CCOCC3)c(Cl)c2n1.COC(=O)[C@]12CC(=O)[C@@H]3C[C@H](O)CN3C(=O)[C@@H](CC(=O)OC3C[C@@H]4C[C@@H]4C3)CCCCC/C=C\[C@@H]1C2.O=S([O-])c1ccc(Br)cc1. The van der Waals surface area contributed by atoms with E-state index in [9.17, 15) is 62.1 Å². The molecule has 6 aliphatic heterocycles. The second kappa shape index (κ2) is 49.7. The van der Waals surface area contributed by atoms with E-state index in [1.165, 1.54) is 37.0 Å². The Labute approximate surface area is 812 Å². The highest BCUT2D eigenvalue weighted by molar-refractivity contribution is 9.10. The molecule has 10 fully saturated rings. The molecule has 2 aromatic heterocycles. The number of ether oxygens (including phenoxy) is 8. The number of aliphatic hydroxyl groups excluding tert-OH is 1. The lowest BCUT2D eigenvalue weighted by Crippen LogP contribution is -2.45. The minimum absolute atomic E-state index is 0. The maximum absolute atomic E-state index is 14.7. The van der Waals surface area contributed by atoms with Gasteiger partial charge < -0.3 is 67.4 Å². The fourth-order valence-electron chi connectivity index (χ4n) is 20.6. The Balaban J connectivity index is 0.000000210. The number of hydrogen-bond donors (Lipinski definition) is 3. The molecule has 17 rings (SSSR count). The first-order chi connectivity index (χ1) is 62.5. The number of rotatable bonds is 23. The summed E-state index contributed by atoms with van der Waals surface area (Å²) in [4.78, 5) is 136. The van der Waals surface area contributed by atoms with E-state index < -0.39 is 70.0 Å². The molecule has 0 radical (unpaired) electrons. The predicted octanol–water partition coefficient (Wildman–Crippen LogP) is 17.3. The lowest BCUT2D eigenvalue weighted by Gasteiger charge is -2.29. The second-order valence-corrected chi connectivity index (χ2v) is 41.5. The number of carbonyl (C=O) groups is 8. The maximum atomic E-state index is 14.7. The Morgan fingerprint density at radius 1 is 0.604 bits per heavy atom. The van der Waals surface area contributed by atoms with Gasteiger partial charge in [0.05, 0.1) is 93.0 Å². The molecule has 12 aliphatic rings. The molecule has 5 aromatic rings. The third-order valence-electron chi connectivity index (χ3n) is 28.2. The lowest BCUT2D eigenvalue weighted by molar-refractivity contribution is -0.155. The van der Waals surface area contributed by atoms with Crippen molar-refractivity contribution in [2.24, 2.45) is 70.0 Å². The maximum Gasteiger partial charge on any atom is 0.312 e. The number of esters is 3. The molecule has 0 bridgehead atoms. The van der Waals surface area contributed by atoms with Crippen molar-refractivity contribution in [3.63, 3.8) is 0 Å². The van der Waals surface area contributed by atoms with Gasteiger partial charge in [-0.05, 0) is 210 Å². The number of allylic oxidation sites excluding steroid dienone is 4. The number of aromatic nitrogens is 2. The fraction of sp³-hybridized carbons (Fsp3) is 0.650. The number of halogens is 3. The zero-order valence-electron chi connectivity index (χ0n) is 75.5. The third kappa shape index (κ3) is 28.3. The van der Waals surface area contributed by atoms with Crippen molar-refractivity contribution in [2.45, 2.75) is 266 Å². The Bertz CT molecular complexity index is 4990. The molecule has 4 saturated heterocycles. The summed E-state index contributed by atoms with van der Waals surface area (Å²) in [5, 5.41) is 22.9. The van der Waals surface area contributed by atoms with Crippen LogP contribution in [0.4, 0.5) is 0 Å². The number of morpholine rings is 2. The summed E-state index contributed by atoms with van der Waals surface area (Å²) in [5.41, 5.74) is 0.843. The number of fused-ring (bicyclic) bond motifs is 8. The van der Waals surface area contributed by atoms with Gasteiger partial charge in [0.15, 0.2) is 17.0 Å². The van der Waals surface area contributed by atoms with Gasteiger partial charge in [-0.15, -0.1) is 0 Å². The molecular weight excluding hydrogens is 1840 g/mol. The molecule has 6 saturated carbocycles. The predicted molar refractivity (Wildman–Crippen MR) is 520 cm³/mol. The first kappa shape index (κ1) is 108. The number of aromatic amines is 1. The summed E-state index contributed by atoms with van der Waals surface area (Å²) in [7, 11) is 1.34. The molecule has 6 aliphatic carbocycles. The minimum atomic E-state index is -2.11. The van der Waals surface area contributed by atoms with Crippen molar-refractivity contribution in [1.82, 2.24) is 29.6 Å². The number of H-pyrrole nitrogens is 1. The number of ketones is 2. The highest BCUT2D eigenvalue weighted by atomic mass is 79.9. The quantitative estimate of drug-likeness (QED) is 0.0237. The van der Waals surface area contributed by atoms with E-state index in [2.05, 4.69) is 64.5 Å². The molecule has 3 N–H and O–H groups in total. The van der Waals surface area contributed by atoms with Crippen molar-refractivity contribution < 1.29 is 95.2 Å². The lowest BCUT2D eigenvalue weighted by atomic mass is 9.91. The number of aliphatic hydroxyl groups is 1. The molecule has 3 unspecified atom stereocenters. The topological polar surface area (TPSA) is 350 Å². The van der Waals surface area contributed by atoms with Crippen molar-refractivity contribution in [3.8, 4) is 17.2 Å². The number of pyridine rings is 2. The van der Waals surface area contributed by atoms with Crippen LogP contribution < -0.4 is 19.6 Å². The Morgan fingerprint density at radius 2 is 1.10 bits per heavy atom. The number of benzene rings is 3. The van der Waals surface area contributed by atoms with Crippen LogP contribution in [-0.4, -0.2) is 231 Å². The van der Waals surface area contributed by atoms with Crippen LogP contribution in [0.1, 0.15) is 223 Å². The van der Waals surface area contributed by atoms with Crippen LogP contribution in [-0.2, 0) is 86.0 Å². The number of carbonyl (C=O) groups excluding carboxylic acids is 7. The number of carboxylic acid groups (broad SMARTS) is 1. The van der Waals surface area contributed by atoms with Gasteiger partial charge in [-0.2, -0.15) is 0 Å². The molecule has 27 nitrogen and oxygen atoms in total. The number of carboxylic acids is 1. The zero-order valence-corrected chi connectivity index (χ0v) is 79.4. The van der Waals surface area contributed by atoms with Crippen LogP contribution >= 0.6 is 39.1 Å². The van der Waals surface area contributed by atoms with E-state index in [0.717, 1.165) is 152 Å². The summed E-state index contributed by atoms with van der Waals surface area (Å²) >= 11 is 14.6. The van der Waals surface area contributed by atoms with Crippen LogP contribution in [0.5, 0.6) is 17.2 Å². The standard InChI is InChI=1S/C46H60ClN3O9.C28H39NO7.C19H25ClN2O3.C6H5BrO2S.4CH4/c1-28(2)18-33-23-40(36-10-11-39(42(47)43(36)48-33)57-17-14-49-12-15-56-16-13-49)58-35-24-37-38(51)26-46(45(54)55)25-32(46)9-7-5-3-4-6-8-29(44(53)50(37)27-35)22-41(52)59-34-20-30-19-31(30)21-34;1-35-27(34)28-14-20(28)8-6-4-2-3-5-7-17(12-25(32)36-22-10-18-9-19(18)11-22)26(33)29-16-21(30)13-23(29)24(31)15-28;1-13(2)11-14-12-16(23)15-3-4-17(18(20)19(15)21-14)25-10-7-22-5-8-24-9-6-22;7-5-1-3-6(4-2-5)10(8)9;;;;/h7,9-11,23,28-32,34-35,37H,3-6,8,12-22,24-27H2,1-2H3,(H,54,55);6,8,17-23,30H,2-5,7,9-16H2,1H3;3-4,12-13H,5-11H2,1-2H3,(H,21,23);1-4H,(H,8,9);4*1H4/p-1/b9-7-;8-6-;;;;;;/t29-,30-,31+,32-,34?,35-,37+,46-;17-,18-,19+,20-,21+,22?,23+,28-;;;;;;/m11....../s1. The average Bonchev–Trinajstić information content (AvgIpc) is 1.59. The van der Waals surface area contributed by atoms with E-state index in [0.29, 0.717) is 148 Å². The van der Waals surface area contributed by atoms with Crippen LogP contribution in [0.15, 0.2) is 99.1 Å².